The molecule has 0 aliphatic heterocycles. The highest BCUT2D eigenvalue weighted by Gasteiger charge is 2.28. The van der Waals surface area contributed by atoms with Crippen LogP contribution in [0.25, 0.3) is 0 Å². The molecule has 5 heteroatoms. The molecule has 1 atom stereocenters. The number of carbonyl (C=O) groups is 1. The second kappa shape index (κ2) is 3.40. The van der Waals surface area contributed by atoms with Crippen molar-refractivity contribution in [3.05, 3.63) is 22.2 Å². The normalized spacial score (nSPS) is 20.1. The number of benzene rings is 1. The fraction of sp³-hybridized carbons (Fsp3) is 0.300. The Kier molecular flexibility index (Phi) is 2.32. The quantitative estimate of drug-likeness (QED) is 0.624. The monoisotopic (exact) mass is 228 g/mol. The van der Waals surface area contributed by atoms with Crippen molar-refractivity contribution < 1.29 is 20.1 Å². The predicted molar refractivity (Wildman–Crippen MR) is 53.4 cm³/mol. The van der Waals surface area contributed by atoms with Crippen LogP contribution in [0.4, 0.5) is 0 Å². The molecule has 1 aromatic carbocycles. The molecule has 0 heterocycles. The van der Waals surface area contributed by atoms with Crippen LogP contribution in [0.1, 0.15) is 22.3 Å². The molecule has 0 saturated carbocycles. The number of aliphatic hydroxyl groups is 1. The van der Waals surface area contributed by atoms with Crippen LogP contribution in [0, 0.1) is 0 Å². The van der Waals surface area contributed by atoms with Crippen molar-refractivity contribution in [3.63, 3.8) is 0 Å². The van der Waals surface area contributed by atoms with Gasteiger partial charge < -0.3 is 15.3 Å². The Hall–Kier alpha value is -1.26. The summed E-state index contributed by atoms with van der Waals surface area (Å²) in [6, 6.07) is 1.30. The molecule has 3 N–H and O–H groups in total. The van der Waals surface area contributed by atoms with Gasteiger partial charge in [0.15, 0.2) is 5.78 Å². The lowest BCUT2D eigenvalue weighted by atomic mass is 9.88. The van der Waals surface area contributed by atoms with Crippen molar-refractivity contribution in [2.24, 2.45) is 0 Å². The molecule has 1 aliphatic rings. The SMILES string of the molecule is O=C1C[C@H](O)Cc2cc(O)c(Cl)c(O)c21. The van der Waals surface area contributed by atoms with Crippen molar-refractivity contribution in [1.82, 2.24) is 0 Å². The van der Waals surface area contributed by atoms with Crippen LogP contribution in [-0.2, 0) is 6.42 Å². The molecule has 1 aliphatic carbocycles. The van der Waals surface area contributed by atoms with E-state index in [4.69, 9.17) is 11.6 Å². The minimum absolute atomic E-state index is 0.0261. The summed E-state index contributed by atoms with van der Waals surface area (Å²) in [5.74, 6) is -1.04. The third-order valence-electron chi connectivity index (χ3n) is 2.46. The van der Waals surface area contributed by atoms with Gasteiger partial charge in [-0.15, -0.1) is 0 Å². The fourth-order valence-corrected chi connectivity index (χ4v) is 1.95. The first kappa shape index (κ1) is 10.3. The Bertz CT molecular complexity index is 442. The number of aliphatic hydroxyl groups excluding tert-OH is 1. The number of ketones is 1. The molecule has 0 bridgehead atoms. The maximum Gasteiger partial charge on any atom is 0.169 e. The minimum Gasteiger partial charge on any atom is -0.506 e. The zero-order valence-electron chi connectivity index (χ0n) is 7.70. The van der Waals surface area contributed by atoms with E-state index < -0.39 is 11.9 Å². The van der Waals surface area contributed by atoms with Gasteiger partial charge in [0.2, 0.25) is 0 Å². The first-order valence-electron chi connectivity index (χ1n) is 4.45. The maximum absolute atomic E-state index is 11.5. The van der Waals surface area contributed by atoms with Crippen molar-refractivity contribution >= 4 is 17.4 Å². The summed E-state index contributed by atoms with van der Waals surface area (Å²) in [7, 11) is 0. The second-order valence-electron chi connectivity index (χ2n) is 3.58. The number of aromatic hydroxyl groups is 2. The Labute approximate surface area is 90.7 Å². The second-order valence-corrected chi connectivity index (χ2v) is 3.96. The number of phenols is 2. The highest BCUT2D eigenvalue weighted by Crippen LogP contribution is 2.40. The number of carbonyl (C=O) groups excluding carboxylic acids is 1. The lowest BCUT2D eigenvalue weighted by molar-refractivity contribution is 0.0850. The topological polar surface area (TPSA) is 77.8 Å². The van der Waals surface area contributed by atoms with Crippen LogP contribution in [-0.4, -0.2) is 27.2 Å². The van der Waals surface area contributed by atoms with Gasteiger partial charge in [0, 0.05) is 6.42 Å². The van der Waals surface area contributed by atoms with Crippen LogP contribution in [0.5, 0.6) is 11.5 Å². The number of rotatable bonds is 0. The fourth-order valence-electron chi connectivity index (χ4n) is 1.80. The zero-order valence-corrected chi connectivity index (χ0v) is 8.45. The summed E-state index contributed by atoms with van der Waals surface area (Å²) in [5, 5.41) is 28.1. The molecule has 15 heavy (non-hydrogen) atoms. The molecule has 0 aromatic heterocycles. The Morgan fingerprint density at radius 1 is 1.33 bits per heavy atom. The van der Waals surface area contributed by atoms with Gasteiger partial charge in [-0.1, -0.05) is 11.6 Å². The molecule has 4 nitrogen and oxygen atoms in total. The third kappa shape index (κ3) is 1.56. The van der Waals surface area contributed by atoms with Gasteiger partial charge in [0.1, 0.15) is 16.5 Å². The average molecular weight is 229 g/mol. The van der Waals surface area contributed by atoms with Gasteiger partial charge >= 0.3 is 0 Å². The van der Waals surface area contributed by atoms with Crippen LogP contribution in [0.3, 0.4) is 0 Å². The summed E-state index contributed by atoms with van der Waals surface area (Å²) in [6.07, 6.45) is -0.550. The summed E-state index contributed by atoms with van der Waals surface area (Å²) in [6.45, 7) is 0. The molecule has 0 unspecified atom stereocenters. The summed E-state index contributed by atoms with van der Waals surface area (Å²) in [5.41, 5.74) is 0.543. The number of phenolic OH excluding ortho intramolecular Hbond substituents is 2. The largest absolute Gasteiger partial charge is 0.506 e. The Morgan fingerprint density at radius 2 is 2.00 bits per heavy atom. The highest BCUT2D eigenvalue weighted by molar-refractivity contribution is 6.34. The summed E-state index contributed by atoms with van der Waals surface area (Å²) >= 11 is 5.60. The lowest BCUT2D eigenvalue weighted by Crippen LogP contribution is -2.24. The molecule has 1 aromatic rings. The van der Waals surface area contributed by atoms with Crippen LogP contribution in [0.2, 0.25) is 5.02 Å². The molecule has 0 saturated heterocycles. The van der Waals surface area contributed by atoms with E-state index in [2.05, 4.69) is 0 Å². The van der Waals surface area contributed by atoms with E-state index in [0.29, 0.717) is 5.56 Å². The average Bonchev–Trinajstić information content (AvgIpc) is 2.13. The smallest absolute Gasteiger partial charge is 0.169 e. The molecule has 2 rings (SSSR count). The van der Waals surface area contributed by atoms with E-state index in [0.717, 1.165) is 0 Å². The van der Waals surface area contributed by atoms with Gasteiger partial charge in [-0.2, -0.15) is 0 Å². The van der Waals surface area contributed by atoms with Gasteiger partial charge in [-0.05, 0) is 18.1 Å². The summed E-state index contributed by atoms with van der Waals surface area (Å²) in [4.78, 5) is 11.5. The highest BCUT2D eigenvalue weighted by atomic mass is 35.5. The first-order chi connectivity index (χ1) is 7.00. The molecule has 0 spiro atoms. The van der Waals surface area contributed by atoms with Crippen molar-refractivity contribution in [1.29, 1.82) is 0 Å². The van der Waals surface area contributed by atoms with E-state index in [9.17, 15) is 20.1 Å². The lowest BCUT2D eigenvalue weighted by Gasteiger charge is -2.21. The molecule has 0 amide bonds. The molecule has 0 fully saturated rings. The van der Waals surface area contributed by atoms with Crippen molar-refractivity contribution in [3.8, 4) is 11.5 Å². The maximum atomic E-state index is 11.5. The minimum atomic E-state index is -0.759. The molecular weight excluding hydrogens is 220 g/mol. The summed E-state index contributed by atoms with van der Waals surface area (Å²) < 4.78 is 0. The van der Waals surface area contributed by atoms with E-state index in [1.807, 2.05) is 0 Å². The van der Waals surface area contributed by atoms with Gasteiger partial charge in [0.25, 0.3) is 0 Å². The van der Waals surface area contributed by atoms with Crippen molar-refractivity contribution in [2.45, 2.75) is 18.9 Å². The Morgan fingerprint density at radius 3 is 2.67 bits per heavy atom. The van der Waals surface area contributed by atoms with Crippen LogP contribution in [0.15, 0.2) is 6.07 Å². The van der Waals surface area contributed by atoms with E-state index in [-0.39, 0.29) is 35.0 Å². The van der Waals surface area contributed by atoms with Gasteiger partial charge in [-0.3, -0.25) is 4.79 Å². The van der Waals surface area contributed by atoms with E-state index in [1.165, 1.54) is 6.07 Å². The standard InChI is InChI=1S/C10H9ClO4/c11-9-7(14)2-4-1-5(12)3-6(13)8(4)10(9)15/h2,5,12,14-15H,1,3H2/t5-/m1/s1. The number of Topliss-reactive ketones (excluding diaryl/α,β-unsaturated/α-hetero) is 1. The van der Waals surface area contributed by atoms with Crippen LogP contribution < -0.4 is 0 Å². The number of hydrogen-bond acceptors (Lipinski definition) is 4. The van der Waals surface area contributed by atoms with E-state index in [1.54, 1.807) is 0 Å². The molecule has 80 valence electrons. The number of hydrogen-bond donors (Lipinski definition) is 3. The molecular formula is C10H9ClO4. The predicted octanol–water partition coefficient (Wildman–Crippen LogP) is 1.24. The molecule has 0 radical (unpaired) electrons. The van der Waals surface area contributed by atoms with Gasteiger partial charge in [0.05, 0.1) is 11.7 Å². The van der Waals surface area contributed by atoms with Crippen LogP contribution >= 0.6 is 11.6 Å². The number of halogens is 1. The first-order valence-corrected chi connectivity index (χ1v) is 4.83. The zero-order chi connectivity index (χ0) is 11.2. The van der Waals surface area contributed by atoms with Gasteiger partial charge in [-0.25, -0.2) is 0 Å². The van der Waals surface area contributed by atoms with Crippen molar-refractivity contribution in [2.75, 3.05) is 0 Å². The Balaban J connectivity index is 2.66. The van der Waals surface area contributed by atoms with E-state index >= 15 is 0 Å². The third-order valence-corrected chi connectivity index (χ3v) is 2.83. The number of fused-ring (bicyclic) bond motifs is 1.